The minimum absolute atomic E-state index is 0.00372. The molecule has 1 N–H and O–H groups in total. The molecule has 0 saturated carbocycles. The number of rotatable bonds is 6. The van der Waals surface area contributed by atoms with E-state index in [0.29, 0.717) is 26.1 Å². The van der Waals surface area contributed by atoms with E-state index < -0.39 is 0 Å². The maximum Gasteiger partial charge on any atom is 0.227 e. The summed E-state index contributed by atoms with van der Waals surface area (Å²) in [6, 6.07) is 5.92. The van der Waals surface area contributed by atoms with Gasteiger partial charge < -0.3 is 15.1 Å². The molecule has 0 aliphatic carbocycles. The Morgan fingerprint density at radius 3 is 2.79 bits per heavy atom. The summed E-state index contributed by atoms with van der Waals surface area (Å²) in [5.41, 5.74) is 3.13. The second kappa shape index (κ2) is 9.22. The van der Waals surface area contributed by atoms with Gasteiger partial charge in [-0.25, -0.2) is 0 Å². The van der Waals surface area contributed by atoms with Gasteiger partial charge in [0.1, 0.15) is 0 Å². The van der Waals surface area contributed by atoms with E-state index in [0.717, 1.165) is 49.0 Å². The quantitative estimate of drug-likeness (QED) is 0.765. The Balaban J connectivity index is 1.47. The van der Waals surface area contributed by atoms with Gasteiger partial charge in [0.2, 0.25) is 17.7 Å². The third-order valence-electron chi connectivity index (χ3n) is 5.94. The predicted octanol–water partition coefficient (Wildman–Crippen LogP) is 2.57. The average Bonchev–Trinajstić information content (AvgIpc) is 2.94. The first kappa shape index (κ1) is 20.4. The van der Waals surface area contributed by atoms with Gasteiger partial charge in [-0.2, -0.15) is 0 Å². The number of hydrogen-bond donors (Lipinski definition) is 1. The Morgan fingerprint density at radius 2 is 1.96 bits per heavy atom. The van der Waals surface area contributed by atoms with Crippen LogP contribution in [-0.4, -0.2) is 48.8 Å². The molecule has 2 aliphatic rings. The highest BCUT2D eigenvalue weighted by atomic mass is 16.2. The largest absolute Gasteiger partial charge is 0.356 e. The van der Waals surface area contributed by atoms with Gasteiger partial charge in [0.25, 0.3) is 0 Å². The molecule has 1 atom stereocenters. The van der Waals surface area contributed by atoms with Crippen LogP contribution in [0.4, 0.5) is 5.69 Å². The highest BCUT2D eigenvalue weighted by molar-refractivity contribution is 6.00. The van der Waals surface area contributed by atoms with E-state index in [1.807, 2.05) is 36.9 Å². The minimum atomic E-state index is -0.313. The summed E-state index contributed by atoms with van der Waals surface area (Å²) in [7, 11) is 0. The lowest BCUT2D eigenvalue weighted by atomic mass is 10.1. The summed E-state index contributed by atoms with van der Waals surface area (Å²) in [5, 5.41) is 2.96. The van der Waals surface area contributed by atoms with Crippen molar-refractivity contribution in [2.45, 2.75) is 52.4 Å². The second-order valence-electron chi connectivity index (χ2n) is 7.96. The average molecular weight is 386 g/mol. The highest BCUT2D eigenvalue weighted by Gasteiger charge is 2.35. The maximum absolute atomic E-state index is 12.5. The molecular weight excluding hydrogens is 354 g/mol. The number of benzene rings is 1. The van der Waals surface area contributed by atoms with Gasteiger partial charge in [-0.05, 0) is 50.3 Å². The van der Waals surface area contributed by atoms with Crippen LogP contribution in [0, 0.1) is 19.8 Å². The minimum Gasteiger partial charge on any atom is -0.356 e. The molecule has 6 heteroatoms. The van der Waals surface area contributed by atoms with Crippen molar-refractivity contribution >= 4 is 23.4 Å². The van der Waals surface area contributed by atoms with Crippen LogP contribution in [0.15, 0.2) is 18.2 Å². The van der Waals surface area contributed by atoms with Crippen molar-refractivity contribution in [3.63, 3.8) is 0 Å². The predicted molar refractivity (Wildman–Crippen MR) is 109 cm³/mol. The highest BCUT2D eigenvalue weighted by Crippen LogP contribution is 2.29. The summed E-state index contributed by atoms with van der Waals surface area (Å²) in [6.45, 7) is 6.52. The lowest BCUT2D eigenvalue weighted by molar-refractivity contribution is -0.130. The topological polar surface area (TPSA) is 69.7 Å². The summed E-state index contributed by atoms with van der Waals surface area (Å²) >= 11 is 0. The smallest absolute Gasteiger partial charge is 0.227 e. The van der Waals surface area contributed by atoms with E-state index in [2.05, 4.69) is 5.32 Å². The van der Waals surface area contributed by atoms with E-state index in [4.69, 9.17) is 0 Å². The normalized spacial score (nSPS) is 20.4. The van der Waals surface area contributed by atoms with Crippen LogP contribution in [-0.2, 0) is 14.4 Å². The van der Waals surface area contributed by atoms with Gasteiger partial charge in [-0.15, -0.1) is 0 Å². The Labute approximate surface area is 167 Å². The van der Waals surface area contributed by atoms with Crippen molar-refractivity contribution in [2.75, 3.05) is 31.1 Å². The first-order valence-electron chi connectivity index (χ1n) is 10.4. The number of amides is 3. The first-order chi connectivity index (χ1) is 13.5. The fourth-order valence-electron chi connectivity index (χ4n) is 4.04. The van der Waals surface area contributed by atoms with Crippen molar-refractivity contribution in [1.82, 2.24) is 10.2 Å². The number of nitrogens with zero attached hydrogens (tertiary/aromatic N) is 2. The molecule has 28 heavy (non-hydrogen) atoms. The molecule has 1 aromatic carbocycles. The molecule has 2 saturated heterocycles. The zero-order valence-corrected chi connectivity index (χ0v) is 17.0. The fourth-order valence-corrected chi connectivity index (χ4v) is 4.04. The maximum atomic E-state index is 12.5. The van der Waals surface area contributed by atoms with Crippen LogP contribution in [0.5, 0.6) is 0 Å². The van der Waals surface area contributed by atoms with Gasteiger partial charge in [0.05, 0.1) is 5.92 Å². The molecule has 152 valence electrons. The zero-order chi connectivity index (χ0) is 20.1. The van der Waals surface area contributed by atoms with E-state index in [9.17, 15) is 14.4 Å². The van der Waals surface area contributed by atoms with Crippen LogP contribution in [0.2, 0.25) is 0 Å². The molecule has 6 nitrogen and oxygen atoms in total. The molecular formula is C22H31N3O3. The molecule has 3 amide bonds. The Kier molecular flexibility index (Phi) is 6.70. The van der Waals surface area contributed by atoms with Crippen molar-refractivity contribution in [2.24, 2.45) is 5.92 Å². The van der Waals surface area contributed by atoms with Crippen molar-refractivity contribution in [1.29, 1.82) is 0 Å². The van der Waals surface area contributed by atoms with Crippen molar-refractivity contribution in [3.8, 4) is 0 Å². The molecule has 0 aromatic heterocycles. The number of anilines is 1. The number of nitrogens with one attached hydrogen (secondary N) is 1. The van der Waals surface area contributed by atoms with Crippen LogP contribution in [0.25, 0.3) is 0 Å². The Bertz CT molecular complexity index is 747. The zero-order valence-electron chi connectivity index (χ0n) is 17.0. The number of carbonyl (C=O) groups excluding carboxylic acids is 3. The molecule has 1 aromatic rings. The number of likely N-dealkylation sites (tertiary alicyclic amines) is 1. The number of aryl methyl sites for hydroxylation is 1. The summed E-state index contributed by atoms with van der Waals surface area (Å²) < 4.78 is 0. The van der Waals surface area contributed by atoms with E-state index in [1.54, 1.807) is 4.90 Å². The van der Waals surface area contributed by atoms with E-state index in [-0.39, 0.29) is 30.1 Å². The van der Waals surface area contributed by atoms with Crippen molar-refractivity contribution in [3.05, 3.63) is 29.3 Å². The van der Waals surface area contributed by atoms with E-state index in [1.165, 1.54) is 0 Å². The molecule has 0 unspecified atom stereocenters. The van der Waals surface area contributed by atoms with Gasteiger partial charge in [0.15, 0.2) is 0 Å². The van der Waals surface area contributed by atoms with Gasteiger partial charge in [-0.1, -0.05) is 18.6 Å². The Hall–Kier alpha value is -2.37. The summed E-state index contributed by atoms with van der Waals surface area (Å²) in [5.74, 6) is -0.144. The second-order valence-corrected chi connectivity index (χ2v) is 7.96. The summed E-state index contributed by atoms with van der Waals surface area (Å²) in [6.07, 6.45) is 4.81. The van der Waals surface area contributed by atoms with Crippen LogP contribution in [0.3, 0.4) is 0 Å². The van der Waals surface area contributed by atoms with Crippen molar-refractivity contribution < 1.29 is 14.4 Å². The molecule has 2 aliphatic heterocycles. The lowest BCUT2D eigenvalue weighted by Gasteiger charge is -2.21. The molecule has 0 bridgehead atoms. The third kappa shape index (κ3) is 4.72. The fraction of sp³-hybridized carbons (Fsp3) is 0.591. The van der Waals surface area contributed by atoms with Gasteiger partial charge in [0, 0.05) is 44.7 Å². The number of hydrogen-bond acceptors (Lipinski definition) is 3. The van der Waals surface area contributed by atoms with Crippen LogP contribution >= 0.6 is 0 Å². The summed E-state index contributed by atoms with van der Waals surface area (Å²) in [4.78, 5) is 40.6. The van der Waals surface area contributed by atoms with Gasteiger partial charge in [-0.3, -0.25) is 14.4 Å². The van der Waals surface area contributed by atoms with Gasteiger partial charge >= 0.3 is 0 Å². The monoisotopic (exact) mass is 385 g/mol. The third-order valence-corrected chi connectivity index (χ3v) is 5.94. The standard InChI is InChI=1S/C22H31N3O3/c1-16-8-6-9-19(17(16)2)25-15-18(14-21(25)27)22(28)23-11-7-13-24-12-5-3-4-10-20(24)26/h6,8-9,18H,3-5,7,10-15H2,1-2H3,(H,23,28)/t18-/m1/s1. The lowest BCUT2D eigenvalue weighted by Crippen LogP contribution is -2.36. The molecule has 2 fully saturated rings. The van der Waals surface area contributed by atoms with Crippen LogP contribution in [0.1, 0.15) is 49.7 Å². The molecule has 0 radical (unpaired) electrons. The van der Waals surface area contributed by atoms with Crippen LogP contribution < -0.4 is 10.2 Å². The first-order valence-corrected chi connectivity index (χ1v) is 10.4. The molecule has 0 spiro atoms. The van der Waals surface area contributed by atoms with E-state index >= 15 is 0 Å². The molecule has 3 rings (SSSR count). The Morgan fingerprint density at radius 1 is 1.14 bits per heavy atom. The SMILES string of the molecule is Cc1cccc(N2C[C@H](C(=O)NCCCN3CCCCCC3=O)CC2=O)c1C. The number of carbonyl (C=O) groups is 3. The molecule has 2 heterocycles.